The molecule has 0 saturated carbocycles. The second-order valence-electron chi connectivity index (χ2n) is 3.68. The summed E-state index contributed by atoms with van der Waals surface area (Å²) in [5.74, 6) is -0.722. The van der Waals surface area contributed by atoms with E-state index in [1.165, 1.54) is 0 Å². The topological polar surface area (TPSA) is 107 Å². The number of primary amides is 1. The van der Waals surface area contributed by atoms with Crippen LogP contribution >= 0.6 is 0 Å². The molecule has 0 aliphatic rings. The highest BCUT2D eigenvalue weighted by Gasteiger charge is 2.04. The highest BCUT2D eigenvalue weighted by molar-refractivity contribution is 5.94. The zero-order valence-corrected chi connectivity index (χ0v) is 10.0. The molecule has 2 amide bonds. The molecule has 0 aliphatic carbocycles. The van der Waals surface area contributed by atoms with Gasteiger partial charge in [0.2, 0.25) is 5.91 Å². The molecule has 0 aromatic heterocycles. The first-order valence-electron chi connectivity index (χ1n) is 5.56. The van der Waals surface area contributed by atoms with E-state index in [2.05, 4.69) is 5.32 Å². The molecule has 0 heterocycles. The zero-order valence-electron chi connectivity index (χ0n) is 10.0. The van der Waals surface area contributed by atoms with Crippen LogP contribution in [0.25, 0.3) is 0 Å². The zero-order chi connectivity index (χ0) is 13.4. The van der Waals surface area contributed by atoms with Crippen molar-refractivity contribution in [3.8, 4) is 0 Å². The second-order valence-corrected chi connectivity index (χ2v) is 3.68. The molecule has 6 nitrogen and oxygen atoms in total. The Morgan fingerprint density at radius 2 is 1.89 bits per heavy atom. The summed E-state index contributed by atoms with van der Waals surface area (Å²) in [7, 11) is 0. The first kappa shape index (κ1) is 14.1. The van der Waals surface area contributed by atoms with Gasteiger partial charge in [-0.1, -0.05) is 12.1 Å². The van der Waals surface area contributed by atoms with Crippen molar-refractivity contribution in [2.75, 3.05) is 19.8 Å². The van der Waals surface area contributed by atoms with Crippen LogP contribution in [0.5, 0.6) is 0 Å². The number of carbonyl (C=O) groups excluding carboxylic acids is 2. The quantitative estimate of drug-likeness (QED) is 0.561. The van der Waals surface area contributed by atoms with E-state index in [-0.39, 0.29) is 19.1 Å². The van der Waals surface area contributed by atoms with Crippen LogP contribution in [0.3, 0.4) is 0 Å². The Morgan fingerprint density at radius 3 is 2.44 bits per heavy atom. The smallest absolute Gasteiger partial charge is 0.251 e. The molecule has 5 N–H and O–H groups in total. The van der Waals surface area contributed by atoms with Crippen LogP contribution in [0, 0.1) is 0 Å². The lowest BCUT2D eigenvalue weighted by molar-refractivity contribution is -0.122. The molecule has 0 spiro atoms. The minimum Gasteiger partial charge on any atom is -0.370 e. The van der Waals surface area contributed by atoms with Crippen molar-refractivity contribution in [1.82, 2.24) is 5.32 Å². The predicted octanol–water partition coefficient (Wildman–Crippen LogP) is -0.623. The summed E-state index contributed by atoms with van der Waals surface area (Å²) in [6.07, 6.45) is 0. The molecule has 1 rings (SSSR count). The minimum absolute atomic E-state index is 0.138. The first-order chi connectivity index (χ1) is 8.63. The fourth-order valence-corrected chi connectivity index (χ4v) is 1.30. The Labute approximate surface area is 105 Å². The van der Waals surface area contributed by atoms with Crippen LogP contribution in [0.15, 0.2) is 24.3 Å². The van der Waals surface area contributed by atoms with E-state index in [1.807, 2.05) is 0 Å². The summed E-state index contributed by atoms with van der Waals surface area (Å²) in [5, 5.41) is 2.66. The average Bonchev–Trinajstić information content (AvgIpc) is 2.38. The van der Waals surface area contributed by atoms with Gasteiger partial charge >= 0.3 is 0 Å². The summed E-state index contributed by atoms with van der Waals surface area (Å²) in [6.45, 7) is 0.879. The van der Waals surface area contributed by atoms with Gasteiger partial charge in [-0.3, -0.25) is 9.59 Å². The standard InChI is InChI=1S/C12H17N3O3/c13-7-9-1-3-10(4-2-9)12(17)15-5-6-18-8-11(14)16/h1-4H,5-8,13H2,(H2,14,16)(H,15,17). The molecule has 0 saturated heterocycles. The number of hydrogen-bond acceptors (Lipinski definition) is 4. The molecular weight excluding hydrogens is 234 g/mol. The summed E-state index contributed by atoms with van der Waals surface area (Å²) < 4.78 is 4.91. The van der Waals surface area contributed by atoms with E-state index >= 15 is 0 Å². The molecular formula is C12H17N3O3. The van der Waals surface area contributed by atoms with Crippen LogP contribution in [-0.2, 0) is 16.1 Å². The fourth-order valence-electron chi connectivity index (χ4n) is 1.30. The first-order valence-corrected chi connectivity index (χ1v) is 5.56. The van der Waals surface area contributed by atoms with Gasteiger partial charge in [-0.05, 0) is 17.7 Å². The maximum atomic E-state index is 11.7. The Balaban J connectivity index is 2.29. The lowest BCUT2D eigenvalue weighted by Crippen LogP contribution is -2.28. The lowest BCUT2D eigenvalue weighted by Gasteiger charge is -2.06. The SMILES string of the molecule is NCc1ccc(C(=O)NCCOCC(N)=O)cc1. The van der Waals surface area contributed by atoms with Gasteiger partial charge in [-0.25, -0.2) is 0 Å². The van der Waals surface area contributed by atoms with Crippen molar-refractivity contribution in [3.63, 3.8) is 0 Å². The van der Waals surface area contributed by atoms with Gasteiger partial charge in [0.1, 0.15) is 6.61 Å². The summed E-state index contributed by atoms with van der Waals surface area (Å²) in [6, 6.07) is 7.03. The number of benzene rings is 1. The minimum atomic E-state index is -0.529. The Bertz CT molecular complexity index is 404. The average molecular weight is 251 g/mol. The van der Waals surface area contributed by atoms with Crippen molar-refractivity contribution in [1.29, 1.82) is 0 Å². The molecule has 18 heavy (non-hydrogen) atoms. The van der Waals surface area contributed by atoms with Crippen molar-refractivity contribution in [3.05, 3.63) is 35.4 Å². The molecule has 0 unspecified atom stereocenters. The van der Waals surface area contributed by atoms with Crippen LogP contribution in [-0.4, -0.2) is 31.6 Å². The van der Waals surface area contributed by atoms with E-state index in [0.29, 0.717) is 18.7 Å². The number of ether oxygens (including phenoxy) is 1. The Hall–Kier alpha value is -1.92. The van der Waals surface area contributed by atoms with E-state index < -0.39 is 5.91 Å². The number of nitrogens with two attached hydrogens (primary N) is 2. The molecule has 0 radical (unpaired) electrons. The summed E-state index contributed by atoms with van der Waals surface area (Å²) >= 11 is 0. The van der Waals surface area contributed by atoms with Gasteiger partial charge in [0.05, 0.1) is 6.61 Å². The van der Waals surface area contributed by atoms with Crippen molar-refractivity contribution < 1.29 is 14.3 Å². The predicted molar refractivity (Wildman–Crippen MR) is 66.7 cm³/mol. The van der Waals surface area contributed by atoms with Crippen LogP contribution in [0.1, 0.15) is 15.9 Å². The number of amides is 2. The van der Waals surface area contributed by atoms with E-state index in [4.69, 9.17) is 16.2 Å². The van der Waals surface area contributed by atoms with Gasteiger partial charge in [0.25, 0.3) is 5.91 Å². The van der Waals surface area contributed by atoms with E-state index in [9.17, 15) is 9.59 Å². The molecule has 1 aromatic carbocycles. The molecule has 1 aromatic rings. The highest BCUT2D eigenvalue weighted by Crippen LogP contribution is 2.03. The van der Waals surface area contributed by atoms with Crippen LogP contribution < -0.4 is 16.8 Å². The number of nitrogens with one attached hydrogen (secondary N) is 1. The Morgan fingerprint density at radius 1 is 1.22 bits per heavy atom. The van der Waals surface area contributed by atoms with Crippen molar-refractivity contribution >= 4 is 11.8 Å². The van der Waals surface area contributed by atoms with Gasteiger partial charge in [0.15, 0.2) is 0 Å². The van der Waals surface area contributed by atoms with Crippen LogP contribution in [0.4, 0.5) is 0 Å². The highest BCUT2D eigenvalue weighted by atomic mass is 16.5. The monoisotopic (exact) mass is 251 g/mol. The molecule has 0 fully saturated rings. The number of hydrogen-bond donors (Lipinski definition) is 3. The van der Waals surface area contributed by atoms with Gasteiger partial charge in [-0.2, -0.15) is 0 Å². The summed E-state index contributed by atoms with van der Waals surface area (Å²) in [4.78, 5) is 22.0. The maximum Gasteiger partial charge on any atom is 0.251 e. The van der Waals surface area contributed by atoms with Crippen molar-refractivity contribution in [2.24, 2.45) is 11.5 Å². The van der Waals surface area contributed by atoms with E-state index in [0.717, 1.165) is 5.56 Å². The van der Waals surface area contributed by atoms with Crippen LogP contribution in [0.2, 0.25) is 0 Å². The molecule has 0 aliphatic heterocycles. The van der Waals surface area contributed by atoms with Gasteiger partial charge in [0, 0.05) is 18.7 Å². The fraction of sp³-hybridized carbons (Fsp3) is 0.333. The largest absolute Gasteiger partial charge is 0.370 e. The van der Waals surface area contributed by atoms with Gasteiger partial charge < -0.3 is 21.5 Å². The third-order valence-corrected chi connectivity index (χ3v) is 2.23. The molecule has 0 atom stereocenters. The lowest BCUT2D eigenvalue weighted by atomic mass is 10.1. The summed E-state index contributed by atoms with van der Waals surface area (Å²) in [5.41, 5.74) is 11.9. The number of carbonyl (C=O) groups is 2. The van der Waals surface area contributed by atoms with Gasteiger partial charge in [-0.15, -0.1) is 0 Å². The molecule has 0 bridgehead atoms. The maximum absolute atomic E-state index is 11.7. The normalized spacial score (nSPS) is 10.1. The van der Waals surface area contributed by atoms with Crippen molar-refractivity contribution in [2.45, 2.75) is 6.54 Å². The Kier molecular flexibility index (Phi) is 5.83. The van der Waals surface area contributed by atoms with E-state index in [1.54, 1.807) is 24.3 Å². The second kappa shape index (κ2) is 7.41. The third kappa shape index (κ3) is 4.94. The number of rotatable bonds is 7. The molecule has 6 heteroatoms. The molecule has 98 valence electrons. The third-order valence-electron chi connectivity index (χ3n) is 2.23.